The molecule has 37 heavy (non-hydrogen) atoms. The highest BCUT2D eigenvalue weighted by Crippen LogP contribution is 2.35. The Balaban J connectivity index is 1.22. The van der Waals surface area contributed by atoms with Crippen LogP contribution in [0.5, 0.6) is 5.75 Å². The van der Waals surface area contributed by atoms with Crippen LogP contribution in [-0.4, -0.2) is 50.8 Å². The Labute approximate surface area is 215 Å². The van der Waals surface area contributed by atoms with Crippen LogP contribution in [0.2, 0.25) is 0 Å². The Kier molecular flexibility index (Phi) is 5.23. The molecule has 1 aliphatic heterocycles. The molecule has 1 saturated heterocycles. The topological polar surface area (TPSA) is 76.0 Å². The fraction of sp³-hybridized carbons (Fsp3) is 0.300. The second kappa shape index (κ2) is 8.76. The van der Waals surface area contributed by atoms with Crippen LogP contribution in [0.3, 0.4) is 0 Å². The number of carbonyl (C=O) groups excluding carboxylic acids is 1. The third kappa shape index (κ3) is 4.04. The van der Waals surface area contributed by atoms with Crippen molar-refractivity contribution in [2.24, 2.45) is 11.8 Å². The molecule has 1 N–H and O–H groups in total. The minimum atomic E-state index is 0.281. The molecule has 0 radical (unpaired) electrons. The molecule has 3 heterocycles. The molecular formula is C30H29N5O2. The highest BCUT2D eigenvalue weighted by molar-refractivity contribution is 5.85. The molecule has 186 valence electrons. The monoisotopic (exact) mass is 491 g/mol. The van der Waals surface area contributed by atoms with Crippen molar-refractivity contribution in [1.29, 1.82) is 0 Å². The van der Waals surface area contributed by atoms with Crippen LogP contribution in [0.25, 0.3) is 44.5 Å². The predicted molar refractivity (Wildman–Crippen MR) is 144 cm³/mol. The maximum atomic E-state index is 12.6. The van der Waals surface area contributed by atoms with Crippen molar-refractivity contribution in [3.05, 3.63) is 66.9 Å². The number of aromatic amines is 1. The lowest BCUT2D eigenvalue weighted by Gasteiger charge is -2.18. The summed E-state index contributed by atoms with van der Waals surface area (Å²) in [5.41, 5.74) is 6.44. The number of nitrogens with one attached hydrogen (secondary N) is 1. The first-order valence-corrected chi connectivity index (χ1v) is 13.0. The number of rotatable bonds is 6. The van der Waals surface area contributed by atoms with Crippen LogP contribution in [0.1, 0.15) is 19.3 Å². The summed E-state index contributed by atoms with van der Waals surface area (Å²) in [5.74, 6) is 2.81. The van der Waals surface area contributed by atoms with Gasteiger partial charge in [-0.25, -0.2) is 4.98 Å². The van der Waals surface area contributed by atoms with Crippen LogP contribution in [0, 0.1) is 11.8 Å². The standard InChI is InChI=1S/C30H29N5O2/c1-37-25-9-11-28-27(15-25)32-29(35(28)18-19-12-13-34(17-19)30(36)22-6-7-22)21-4-2-20(3-5-21)23-8-10-26-24(14-23)16-31-33-26/h2-5,8-11,14-16,19,22H,6-7,12-13,17-18H2,1H3,(H,31,33)/t19-/m0/s1. The molecule has 5 aromatic rings. The Morgan fingerprint density at radius 2 is 1.81 bits per heavy atom. The van der Waals surface area contributed by atoms with E-state index in [1.54, 1.807) is 7.11 Å². The number of carbonyl (C=O) groups is 1. The van der Waals surface area contributed by atoms with Crippen molar-refractivity contribution in [3.8, 4) is 28.3 Å². The van der Waals surface area contributed by atoms with Gasteiger partial charge >= 0.3 is 0 Å². The molecule has 2 aliphatic rings. The average molecular weight is 492 g/mol. The summed E-state index contributed by atoms with van der Waals surface area (Å²) >= 11 is 0. The van der Waals surface area contributed by atoms with E-state index in [1.807, 2.05) is 18.3 Å². The van der Waals surface area contributed by atoms with Crippen molar-refractivity contribution in [2.75, 3.05) is 20.2 Å². The number of nitrogens with zero attached hydrogens (tertiary/aromatic N) is 4. The fourth-order valence-electron chi connectivity index (χ4n) is 5.60. The minimum absolute atomic E-state index is 0.281. The summed E-state index contributed by atoms with van der Waals surface area (Å²) in [6, 6.07) is 21.1. The molecule has 7 heteroatoms. The Bertz CT molecular complexity index is 1610. The average Bonchev–Trinajstić information content (AvgIpc) is 3.33. The molecule has 0 unspecified atom stereocenters. The maximum absolute atomic E-state index is 12.6. The summed E-state index contributed by atoms with van der Waals surface area (Å²) in [7, 11) is 1.68. The van der Waals surface area contributed by atoms with E-state index < -0.39 is 0 Å². The Morgan fingerprint density at radius 3 is 2.62 bits per heavy atom. The number of benzene rings is 3. The number of imidazole rings is 1. The highest BCUT2D eigenvalue weighted by atomic mass is 16.5. The lowest BCUT2D eigenvalue weighted by atomic mass is 10.0. The number of ether oxygens (including phenoxy) is 1. The number of hydrogen-bond donors (Lipinski definition) is 1. The largest absolute Gasteiger partial charge is 0.497 e. The predicted octanol–water partition coefficient (Wildman–Crippen LogP) is 5.51. The molecule has 1 saturated carbocycles. The first-order chi connectivity index (χ1) is 18.2. The second-order valence-corrected chi connectivity index (χ2v) is 10.4. The van der Waals surface area contributed by atoms with Gasteiger partial charge in [0.25, 0.3) is 0 Å². The maximum Gasteiger partial charge on any atom is 0.225 e. The highest BCUT2D eigenvalue weighted by Gasteiger charge is 2.36. The van der Waals surface area contributed by atoms with E-state index in [-0.39, 0.29) is 5.92 Å². The van der Waals surface area contributed by atoms with Gasteiger partial charge < -0.3 is 14.2 Å². The first-order valence-electron chi connectivity index (χ1n) is 13.0. The molecule has 1 aliphatic carbocycles. The number of likely N-dealkylation sites (tertiary alicyclic amines) is 1. The second-order valence-electron chi connectivity index (χ2n) is 10.4. The zero-order valence-corrected chi connectivity index (χ0v) is 20.9. The van der Waals surface area contributed by atoms with E-state index in [2.05, 4.69) is 68.2 Å². The van der Waals surface area contributed by atoms with E-state index in [0.29, 0.717) is 11.8 Å². The van der Waals surface area contributed by atoms with Gasteiger partial charge in [0.1, 0.15) is 11.6 Å². The van der Waals surface area contributed by atoms with Crippen LogP contribution < -0.4 is 4.74 Å². The molecule has 3 aromatic carbocycles. The van der Waals surface area contributed by atoms with Crippen LogP contribution in [-0.2, 0) is 11.3 Å². The van der Waals surface area contributed by atoms with Crippen molar-refractivity contribution < 1.29 is 9.53 Å². The lowest BCUT2D eigenvalue weighted by molar-refractivity contribution is -0.131. The third-order valence-corrected chi connectivity index (χ3v) is 7.84. The lowest BCUT2D eigenvalue weighted by Crippen LogP contribution is -2.30. The van der Waals surface area contributed by atoms with Gasteiger partial charge in [0, 0.05) is 42.6 Å². The number of aromatic nitrogens is 4. The zero-order valence-electron chi connectivity index (χ0n) is 20.9. The van der Waals surface area contributed by atoms with Gasteiger partial charge in [-0.15, -0.1) is 0 Å². The van der Waals surface area contributed by atoms with Gasteiger partial charge in [-0.1, -0.05) is 30.3 Å². The van der Waals surface area contributed by atoms with E-state index in [0.717, 1.165) is 89.1 Å². The summed E-state index contributed by atoms with van der Waals surface area (Å²) < 4.78 is 7.80. The van der Waals surface area contributed by atoms with Crippen molar-refractivity contribution in [1.82, 2.24) is 24.6 Å². The number of hydrogen-bond acceptors (Lipinski definition) is 4. The molecular weight excluding hydrogens is 462 g/mol. The van der Waals surface area contributed by atoms with Crippen molar-refractivity contribution in [2.45, 2.75) is 25.8 Å². The molecule has 2 fully saturated rings. The normalized spacial score (nSPS) is 17.6. The molecule has 0 spiro atoms. The Morgan fingerprint density at radius 1 is 1.00 bits per heavy atom. The number of fused-ring (bicyclic) bond motifs is 2. The number of amides is 1. The van der Waals surface area contributed by atoms with Crippen molar-refractivity contribution >= 4 is 27.8 Å². The number of H-pyrrole nitrogens is 1. The van der Waals surface area contributed by atoms with Gasteiger partial charge in [-0.3, -0.25) is 9.89 Å². The molecule has 1 amide bonds. The molecule has 2 aromatic heterocycles. The SMILES string of the molecule is COc1ccc2c(c1)nc(-c1ccc(-c3ccc4[nH]ncc4c3)cc1)n2C[C@H]1CCN(C(=O)C2CC2)C1. The van der Waals surface area contributed by atoms with Crippen LogP contribution in [0.4, 0.5) is 0 Å². The van der Waals surface area contributed by atoms with Crippen LogP contribution in [0.15, 0.2) is 66.9 Å². The van der Waals surface area contributed by atoms with Gasteiger partial charge in [0.05, 0.1) is 29.9 Å². The summed E-state index contributed by atoms with van der Waals surface area (Å²) in [6.45, 7) is 2.54. The third-order valence-electron chi connectivity index (χ3n) is 7.84. The van der Waals surface area contributed by atoms with E-state index in [1.165, 1.54) is 0 Å². The molecule has 0 bridgehead atoms. The first kappa shape index (κ1) is 22.1. The smallest absolute Gasteiger partial charge is 0.225 e. The van der Waals surface area contributed by atoms with Crippen LogP contribution >= 0.6 is 0 Å². The van der Waals surface area contributed by atoms with Gasteiger partial charge in [0.2, 0.25) is 5.91 Å². The Hall–Kier alpha value is -4.13. The van der Waals surface area contributed by atoms with Crippen molar-refractivity contribution in [3.63, 3.8) is 0 Å². The summed E-state index contributed by atoms with van der Waals surface area (Å²) in [4.78, 5) is 19.8. The van der Waals surface area contributed by atoms with Gasteiger partial charge in [0.15, 0.2) is 0 Å². The summed E-state index contributed by atoms with van der Waals surface area (Å²) in [6.07, 6.45) is 5.00. The summed E-state index contributed by atoms with van der Waals surface area (Å²) in [5, 5.41) is 8.24. The molecule has 7 rings (SSSR count). The van der Waals surface area contributed by atoms with Gasteiger partial charge in [-0.05, 0) is 60.6 Å². The zero-order chi connectivity index (χ0) is 24.9. The number of methoxy groups -OCH3 is 1. The minimum Gasteiger partial charge on any atom is -0.497 e. The molecule has 1 atom stereocenters. The quantitative estimate of drug-likeness (QED) is 0.340. The van der Waals surface area contributed by atoms with E-state index in [4.69, 9.17) is 9.72 Å². The van der Waals surface area contributed by atoms with E-state index in [9.17, 15) is 4.79 Å². The molecule has 7 nitrogen and oxygen atoms in total. The van der Waals surface area contributed by atoms with E-state index >= 15 is 0 Å². The van der Waals surface area contributed by atoms with Gasteiger partial charge in [-0.2, -0.15) is 5.10 Å². The fourth-order valence-corrected chi connectivity index (χ4v) is 5.60.